The molecule has 1 atom stereocenters. The second kappa shape index (κ2) is 6.65. The van der Waals surface area contributed by atoms with E-state index in [1.165, 1.54) is 0 Å². The highest BCUT2D eigenvalue weighted by Crippen LogP contribution is 2.14. The van der Waals surface area contributed by atoms with Gasteiger partial charge in [0.15, 0.2) is 0 Å². The average Bonchev–Trinajstić information content (AvgIpc) is 2.25. The van der Waals surface area contributed by atoms with Gasteiger partial charge in [-0.25, -0.2) is 0 Å². The van der Waals surface area contributed by atoms with E-state index in [0.29, 0.717) is 6.04 Å². The van der Waals surface area contributed by atoms with Gasteiger partial charge in [0.1, 0.15) is 0 Å². The van der Waals surface area contributed by atoms with Gasteiger partial charge < -0.3 is 5.32 Å². The third-order valence-corrected chi connectivity index (χ3v) is 2.77. The fraction of sp³-hybridized carbons (Fsp3) is 0.385. The molecule has 0 fully saturated rings. The SMILES string of the molecule is C=CCC[C@H](C)NCc1ccccc1Cl. The van der Waals surface area contributed by atoms with Crippen molar-refractivity contribution in [2.75, 3.05) is 0 Å². The lowest BCUT2D eigenvalue weighted by molar-refractivity contribution is 0.518. The first-order valence-corrected chi connectivity index (χ1v) is 5.69. The average molecular weight is 224 g/mol. The minimum Gasteiger partial charge on any atom is -0.310 e. The molecule has 0 saturated carbocycles. The van der Waals surface area contributed by atoms with Crippen LogP contribution in [0.5, 0.6) is 0 Å². The van der Waals surface area contributed by atoms with Crippen molar-refractivity contribution >= 4 is 11.6 Å². The number of hydrogen-bond acceptors (Lipinski definition) is 1. The molecule has 0 radical (unpaired) electrons. The van der Waals surface area contributed by atoms with Crippen LogP contribution in [0, 0.1) is 0 Å². The topological polar surface area (TPSA) is 12.0 Å². The molecule has 0 unspecified atom stereocenters. The normalized spacial score (nSPS) is 12.4. The Morgan fingerprint density at radius 3 is 2.87 bits per heavy atom. The molecule has 15 heavy (non-hydrogen) atoms. The van der Waals surface area contributed by atoms with Gasteiger partial charge in [-0.15, -0.1) is 6.58 Å². The summed E-state index contributed by atoms with van der Waals surface area (Å²) in [5, 5.41) is 4.28. The quantitative estimate of drug-likeness (QED) is 0.724. The van der Waals surface area contributed by atoms with Gasteiger partial charge in [0.05, 0.1) is 0 Å². The Balaban J connectivity index is 2.36. The molecular formula is C13H18ClN. The number of hydrogen-bond donors (Lipinski definition) is 1. The predicted octanol–water partition coefficient (Wildman–Crippen LogP) is 3.78. The van der Waals surface area contributed by atoms with E-state index >= 15 is 0 Å². The van der Waals surface area contributed by atoms with Crippen LogP contribution in [0.2, 0.25) is 5.02 Å². The van der Waals surface area contributed by atoms with Crippen molar-refractivity contribution in [3.63, 3.8) is 0 Å². The van der Waals surface area contributed by atoms with Crippen LogP contribution >= 0.6 is 11.6 Å². The highest BCUT2D eigenvalue weighted by molar-refractivity contribution is 6.31. The Hall–Kier alpha value is -0.790. The van der Waals surface area contributed by atoms with E-state index < -0.39 is 0 Å². The largest absolute Gasteiger partial charge is 0.310 e. The lowest BCUT2D eigenvalue weighted by Crippen LogP contribution is -2.25. The van der Waals surface area contributed by atoms with E-state index in [-0.39, 0.29) is 0 Å². The molecule has 0 aliphatic carbocycles. The maximum atomic E-state index is 6.06. The highest BCUT2D eigenvalue weighted by Gasteiger charge is 2.02. The molecule has 1 N–H and O–H groups in total. The first-order chi connectivity index (χ1) is 7.24. The third-order valence-electron chi connectivity index (χ3n) is 2.40. The van der Waals surface area contributed by atoms with Crippen molar-refractivity contribution in [1.82, 2.24) is 5.32 Å². The van der Waals surface area contributed by atoms with E-state index in [1.54, 1.807) is 0 Å². The third kappa shape index (κ3) is 4.50. The van der Waals surface area contributed by atoms with Gasteiger partial charge in [0, 0.05) is 17.6 Å². The minimum atomic E-state index is 0.499. The van der Waals surface area contributed by atoms with Crippen LogP contribution in [0.1, 0.15) is 25.3 Å². The Morgan fingerprint density at radius 2 is 2.20 bits per heavy atom. The fourth-order valence-corrected chi connectivity index (χ4v) is 1.60. The second-order valence-electron chi connectivity index (χ2n) is 3.74. The zero-order chi connectivity index (χ0) is 11.1. The van der Waals surface area contributed by atoms with Crippen molar-refractivity contribution < 1.29 is 0 Å². The van der Waals surface area contributed by atoms with E-state index in [9.17, 15) is 0 Å². The predicted molar refractivity (Wildman–Crippen MR) is 67.2 cm³/mol. The van der Waals surface area contributed by atoms with Gasteiger partial charge >= 0.3 is 0 Å². The summed E-state index contributed by atoms with van der Waals surface area (Å²) >= 11 is 6.06. The maximum absolute atomic E-state index is 6.06. The fourth-order valence-electron chi connectivity index (χ4n) is 1.40. The van der Waals surface area contributed by atoms with Crippen LogP contribution in [-0.4, -0.2) is 6.04 Å². The first kappa shape index (κ1) is 12.3. The Bertz CT molecular complexity index is 309. The molecule has 0 bridgehead atoms. The van der Waals surface area contributed by atoms with E-state index in [0.717, 1.165) is 30.0 Å². The number of benzene rings is 1. The molecule has 0 aromatic heterocycles. The van der Waals surface area contributed by atoms with Crippen molar-refractivity contribution in [2.45, 2.75) is 32.4 Å². The van der Waals surface area contributed by atoms with Crippen molar-refractivity contribution in [3.8, 4) is 0 Å². The van der Waals surface area contributed by atoms with Crippen molar-refractivity contribution in [1.29, 1.82) is 0 Å². The number of halogens is 1. The second-order valence-corrected chi connectivity index (χ2v) is 4.15. The molecule has 0 spiro atoms. The molecule has 0 amide bonds. The molecular weight excluding hydrogens is 206 g/mol. The summed E-state index contributed by atoms with van der Waals surface area (Å²) in [6.07, 6.45) is 4.12. The van der Waals surface area contributed by atoms with Crippen LogP contribution in [0.4, 0.5) is 0 Å². The number of allylic oxidation sites excluding steroid dienone is 1. The zero-order valence-corrected chi connectivity index (χ0v) is 9.93. The standard InChI is InChI=1S/C13H18ClN/c1-3-4-7-11(2)15-10-12-8-5-6-9-13(12)14/h3,5-6,8-9,11,15H,1,4,7,10H2,2H3/t11-/m0/s1. The Morgan fingerprint density at radius 1 is 1.47 bits per heavy atom. The van der Waals surface area contributed by atoms with Gasteiger partial charge in [-0.2, -0.15) is 0 Å². The van der Waals surface area contributed by atoms with Crippen LogP contribution in [0.15, 0.2) is 36.9 Å². The van der Waals surface area contributed by atoms with Gasteiger partial charge in [-0.05, 0) is 31.4 Å². The summed E-state index contributed by atoms with van der Waals surface area (Å²) in [6, 6.07) is 8.44. The van der Waals surface area contributed by atoms with Crippen LogP contribution in [-0.2, 0) is 6.54 Å². The van der Waals surface area contributed by atoms with Crippen molar-refractivity contribution in [2.24, 2.45) is 0 Å². The van der Waals surface area contributed by atoms with E-state index in [2.05, 4.69) is 24.9 Å². The molecule has 1 nitrogen and oxygen atoms in total. The summed E-state index contributed by atoms with van der Waals surface area (Å²) in [7, 11) is 0. The van der Waals surface area contributed by atoms with Gasteiger partial charge in [0.2, 0.25) is 0 Å². The van der Waals surface area contributed by atoms with Gasteiger partial charge in [0.25, 0.3) is 0 Å². The summed E-state index contributed by atoms with van der Waals surface area (Å²) in [6.45, 7) is 6.73. The van der Waals surface area contributed by atoms with E-state index in [1.807, 2.05) is 24.3 Å². The van der Waals surface area contributed by atoms with Gasteiger partial charge in [-0.3, -0.25) is 0 Å². The Kier molecular flexibility index (Phi) is 5.44. The van der Waals surface area contributed by atoms with E-state index in [4.69, 9.17) is 11.6 Å². The molecule has 82 valence electrons. The molecule has 1 aromatic carbocycles. The summed E-state index contributed by atoms with van der Waals surface area (Å²) in [5.74, 6) is 0. The molecule has 0 saturated heterocycles. The Labute approximate surface area is 97.1 Å². The first-order valence-electron chi connectivity index (χ1n) is 5.31. The summed E-state index contributed by atoms with van der Waals surface area (Å²) < 4.78 is 0. The summed E-state index contributed by atoms with van der Waals surface area (Å²) in [4.78, 5) is 0. The molecule has 1 aromatic rings. The van der Waals surface area contributed by atoms with Crippen molar-refractivity contribution in [3.05, 3.63) is 47.5 Å². The highest BCUT2D eigenvalue weighted by atomic mass is 35.5. The number of nitrogens with one attached hydrogen (secondary N) is 1. The molecule has 2 heteroatoms. The smallest absolute Gasteiger partial charge is 0.0450 e. The molecule has 0 aliphatic heterocycles. The lowest BCUT2D eigenvalue weighted by Gasteiger charge is -2.13. The minimum absolute atomic E-state index is 0.499. The van der Waals surface area contributed by atoms with Crippen LogP contribution in [0.25, 0.3) is 0 Å². The summed E-state index contributed by atoms with van der Waals surface area (Å²) in [5.41, 5.74) is 1.16. The monoisotopic (exact) mass is 223 g/mol. The van der Waals surface area contributed by atoms with Crippen LogP contribution < -0.4 is 5.32 Å². The lowest BCUT2D eigenvalue weighted by atomic mass is 10.1. The molecule has 1 rings (SSSR count). The van der Waals surface area contributed by atoms with Crippen LogP contribution in [0.3, 0.4) is 0 Å². The maximum Gasteiger partial charge on any atom is 0.0450 e. The molecule has 0 heterocycles. The van der Waals surface area contributed by atoms with Gasteiger partial charge in [-0.1, -0.05) is 35.9 Å². The number of rotatable bonds is 6. The molecule has 0 aliphatic rings. The zero-order valence-electron chi connectivity index (χ0n) is 9.17.